The second kappa shape index (κ2) is 17.3. The number of rotatable bonds is 10. The van der Waals surface area contributed by atoms with Gasteiger partial charge in [-0.25, -0.2) is 0 Å². The van der Waals surface area contributed by atoms with Crippen LogP contribution in [0, 0.1) is 40.4 Å². The van der Waals surface area contributed by atoms with E-state index in [1.807, 2.05) is 27.7 Å². The number of ketones is 3. The Morgan fingerprint density at radius 1 is 1.02 bits per heavy atom. The van der Waals surface area contributed by atoms with Crippen LogP contribution in [-0.4, -0.2) is 114 Å². The predicted octanol–water partition coefficient (Wildman–Crippen LogP) is 3.60. The van der Waals surface area contributed by atoms with Crippen LogP contribution in [0.2, 0.25) is 0 Å². The number of carbonyl (C=O) groups is 7. The van der Waals surface area contributed by atoms with E-state index in [-0.39, 0.29) is 97.9 Å². The minimum atomic E-state index is -0.842. The van der Waals surface area contributed by atoms with E-state index < -0.39 is 41.1 Å². The Labute approximate surface area is 309 Å². The van der Waals surface area contributed by atoms with Gasteiger partial charge in [-0.05, 0) is 55.4 Å². The minimum absolute atomic E-state index is 0.0747. The summed E-state index contributed by atoms with van der Waals surface area (Å²) in [7, 11) is 1.72. The number of ether oxygens (including phenoxy) is 1. The lowest BCUT2D eigenvalue weighted by atomic mass is 9.76. The molecule has 3 aliphatic heterocycles. The molecular formula is C40H62N4O8. The van der Waals surface area contributed by atoms with Crippen LogP contribution in [0.15, 0.2) is 12.7 Å². The zero-order chi connectivity index (χ0) is 38.5. The number of nitrogens with one attached hydrogen (secondary N) is 1. The maximum atomic E-state index is 14.6. The first-order valence-corrected chi connectivity index (χ1v) is 19.3. The summed E-state index contributed by atoms with van der Waals surface area (Å²) < 4.78 is 6.24. The molecule has 0 aromatic carbocycles. The smallest absolute Gasteiger partial charge is 0.287 e. The minimum Gasteiger partial charge on any atom is -0.378 e. The van der Waals surface area contributed by atoms with Crippen molar-refractivity contribution in [1.29, 1.82) is 0 Å². The second-order valence-electron chi connectivity index (χ2n) is 17.4. The highest BCUT2D eigenvalue weighted by molar-refractivity contribution is 6.37. The Bertz CT molecular complexity index is 1380. The van der Waals surface area contributed by atoms with Gasteiger partial charge in [0, 0.05) is 51.4 Å². The molecule has 4 aliphatic rings. The molecule has 7 atom stereocenters. The number of piperidine rings is 1. The van der Waals surface area contributed by atoms with E-state index in [0.717, 1.165) is 25.7 Å². The van der Waals surface area contributed by atoms with Gasteiger partial charge in [0.25, 0.3) is 5.91 Å². The molecule has 0 bridgehead atoms. The van der Waals surface area contributed by atoms with Gasteiger partial charge in [-0.1, -0.05) is 66.4 Å². The van der Waals surface area contributed by atoms with Crippen molar-refractivity contribution < 1.29 is 38.3 Å². The first-order valence-electron chi connectivity index (χ1n) is 19.3. The summed E-state index contributed by atoms with van der Waals surface area (Å²) in [4.78, 5) is 99.2. The molecule has 3 heterocycles. The molecule has 1 saturated carbocycles. The van der Waals surface area contributed by atoms with E-state index in [4.69, 9.17) is 4.74 Å². The number of imide groups is 1. The molecular weight excluding hydrogens is 664 g/mol. The normalized spacial score (nSPS) is 30.0. The average molecular weight is 727 g/mol. The van der Waals surface area contributed by atoms with E-state index in [0.29, 0.717) is 26.0 Å². The molecule has 0 unspecified atom stereocenters. The van der Waals surface area contributed by atoms with Gasteiger partial charge in [0.1, 0.15) is 5.78 Å². The van der Waals surface area contributed by atoms with E-state index in [1.165, 1.54) is 11.0 Å². The van der Waals surface area contributed by atoms with Crippen LogP contribution in [0.25, 0.3) is 0 Å². The molecule has 12 nitrogen and oxygen atoms in total. The molecule has 0 aromatic rings. The summed E-state index contributed by atoms with van der Waals surface area (Å²) in [6, 6.07) is -0.756. The molecule has 1 N–H and O–H groups in total. The molecule has 0 spiro atoms. The molecule has 4 fully saturated rings. The number of hydrogen-bond donors (Lipinski definition) is 1. The standard InChI is InChI=1S/C40H62N4O8/c1-9-16-41-37(50)36(49)26-15-13-11-10-12-14-17-52-25(2)29(38(51)44-22-30-34(40(30,6)7)35(44)31(46)18-26)20-28(45)19-27(39(3,4)5)21-43-32(47)23-42(8)24-33(43)48/h9,25-27,29-30,34-35H,1,10-24H2,2-8H3,(H,41,50)/t25-,26+,27+,29-,30-,34-,35+/m0/s1. The number of piperazine rings is 1. The van der Waals surface area contributed by atoms with E-state index in [2.05, 4.69) is 25.7 Å². The van der Waals surface area contributed by atoms with Gasteiger partial charge in [-0.2, -0.15) is 0 Å². The number of hydrogen-bond acceptors (Lipinski definition) is 9. The van der Waals surface area contributed by atoms with Crippen molar-refractivity contribution in [2.75, 3.05) is 46.4 Å². The van der Waals surface area contributed by atoms with Crippen LogP contribution < -0.4 is 5.32 Å². The Balaban J connectivity index is 1.58. The van der Waals surface area contributed by atoms with Crippen LogP contribution in [-0.2, 0) is 38.3 Å². The van der Waals surface area contributed by atoms with Gasteiger partial charge >= 0.3 is 0 Å². The third-order valence-corrected chi connectivity index (χ3v) is 12.2. The van der Waals surface area contributed by atoms with Crippen LogP contribution >= 0.6 is 0 Å². The monoisotopic (exact) mass is 726 g/mol. The fourth-order valence-electron chi connectivity index (χ4n) is 8.58. The summed E-state index contributed by atoms with van der Waals surface area (Å²) in [5.41, 5.74) is -0.577. The summed E-state index contributed by atoms with van der Waals surface area (Å²) in [6.07, 6.45) is 5.27. The second-order valence-corrected chi connectivity index (χ2v) is 17.4. The van der Waals surface area contributed by atoms with Gasteiger partial charge in [-0.3, -0.25) is 43.4 Å². The van der Waals surface area contributed by atoms with Crippen molar-refractivity contribution >= 4 is 41.0 Å². The molecule has 0 radical (unpaired) electrons. The lowest BCUT2D eigenvalue weighted by Gasteiger charge is -2.38. The van der Waals surface area contributed by atoms with Crippen molar-refractivity contribution in [3.63, 3.8) is 0 Å². The van der Waals surface area contributed by atoms with E-state index in [1.54, 1.807) is 16.8 Å². The van der Waals surface area contributed by atoms with Crippen molar-refractivity contribution in [2.45, 2.75) is 111 Å². The molecule has 0 aromatic heterocycles. The first-order chi connectivity index (χ1) is 24.4. The maximum Gasteiger partial charge on any atom is 0.287 e. The van der Waals surface area contributed by atoms with Crippen molar-refractivity contribution in [2.24, 2.45) is 40.4 Å². The topological polar surface area (TPSA) is 150 Å². The van der Waals surface area contributed by atoms with Gasteiger partial charge < -0.3 is 15.0 Å². The number of carbonyl (C=O) groups excluding carboxylic acids is 7. The number of amides is 4. The fraction of sp³-hybridized carbons (Fsp3) is 0.775. The largest absolute Gasteiger partial charge is 0.378 e. The third kappa shape index (κ3) is 9.83. The van der Waals surface area contributed by atoms with Crippen LogP contribution in [0.1, 0.15) is 99.3 Å². The molecule has 52 heavy (non-hydrogen) atoms. The highest BCUT2D eigenvalue weighted by Gasteiger charge is 2.69. The van der Waals surface area contributed by atoms with Gasteiger partial charge in [0.05, 0.1) is 31.2 Å². The highest BCUT2D eigenvalue weighted by Crippen LogP contribution is 2.65. The molecule has 1 aliphatic carbocycles. The summed E-state index contributed by atoms with van der Waals surface area (Å²) in [5, 5.41) is 2.56. The van der Waals surface area contributed by atoms with Crippen LogP contribution in [0.3, 0.4) is 0 Å². The Kier molecular flexibility index (Phi) is 13.8. The Morgan fingerprint density at radius 2 is 1.65 bits per heavy atom. The third-order valence-electron chi connectivity index (χ3n) is 12.2. The van der Waals surface area contributed by atoms with E-state index >= 15 is 0 Å². The first kappa shape index (κ1) is 41.5. The lowest BCUT2D eigenvalue weighted by Crippen LogP contribution is -2.55. The molecule has 12 heteroatoms. The summed E-state index contributed by atoms with van der Waals surface area (Å²) >= 11 is 0. The Morgan fingerprint density at radius 3 is 2.29 bits per heavy atom. The molecule has 3 saturated heterocycles. The zero-order valence-electron chi connectivity index (χ0n) is 32.5. The van der Waals surface area contributed by atoms with Crippen LogP contribution in [0.5, 0.6) is 0 Å². The lowest BCUT2D eigenvalue weighted by molar-refractivity contribution is -0.152. The van der Waals surface area contributed by atoms with Crippen molar-refractivity contribution in [1.82, 2.24) is 20.0 Å². The number of nitrogens with zero attached hydrogens (tertiary/aromatic N) is 3. The predicted molar refractivity (Wildman–Crippen MR) is 196 cm³/mol. The van der Waals surface area contributed by atoms with Gasteiger partial charge in [-0.15, -0.1) is 6.58 Å². The maximum absolute atomic E-state index is 14.6. The fourth-order valence-corrected chi connectivity index (χ4v) is 8.58. The van der Waals surface area contributed by atoms with Gasteiger partial charge in [0.15, 0.2) is 5.78 Å². The quantitative estimate of drug-likeness (QED) is 0.202. The van der Waals surface area contributed by atoms with E-state index in [9.17, 15) is 33.6 Å². The van der Waals surface area contributed by atoms with Crippen molar-refractivity contribution in [3.05, 3.63) is 12.7 Å². The van der Waals surface area contributed by atoms with Gasteiger partial charge in [0.2, 0.25) is 23.5 Å². The molecule has 290 valence electrons. The summed E-state index contributed by atoms with van der Waals surface area (Å²) in [6.45, 7) is 16.9. The number of Topliss-reactive ketones (excluding diaryl/α,β-unsaturated/α-hetero) is 3. The van der Waals surface area contributed by atoms with Crippen molar-refractivity contribution in [3.8, 4) is 0 Å². The molecule has 4 rings (SSSR count). The average Bonchev–Trinajstić information content (AvgIpc) is 3.36. The molecule has 4 amide bonds. The van der Waals surface area contributed by atoms with Crippen LogP contribution in [0.4, 0.5) is 0 Å². The summed E-state index contributed by atoms with van der Waals surface area (Å²) in [5.74, 6) is -4.54. The SMILES string of the molecule is C=CCNC(=O)C(=O)[C@@H]1CCCCCCCO[C@@H](C)[C@H](CC(=O)C[C@H](CN2C(=O)CN(C)CC2=O)C(C)(C)C)C(=O)N2C[C@H]3[C@@H]([C@H]2C(=O)C1)C3(C)C. The number of fused-ring (bicyclic) bond motifs is 3. The zero-order valence-corrected chi connectivity index (χ0v) is 32.5. The number of likely N-dealkylation sites (N-methyl/N-ethyl adjacent to an activating group) is 1. The highest BCUT2D eigenvalue weighted by atomic mass is 16.5. The Hall–Kier alpha value is -3.25.